The van der Waals surface area contributed by atoms with Crippen molar-refractivity contribution >= 4 is 5.96 Å². The van der Waals surface area contributed by atoms with E-state index in [1.807, 2.05) is 35.1 Å². The van der Waals surface area contributed by atoms with Gasteiger partial charge in [-0.2, -0.15) is 5.10 Å². The molecule has 6 nitrogen and oxygen atoms in total. The van der Waals surface area contributed by atoms with Crippen LogP contribution in [0.25, 0.3) is 0 Å². The second-order valence-corrected chi connectivity index (χ2v) is 6.36. The number of aliphatic imine (C=N–C) groups is 1. The summed E-state index contributed by atoms with van der Waals surface area (Å²) in [5.74, 6) is 0.761. The number of ether oxygens (including phenoxy) is 1. The molecule has 0 aliphatic heterocycles. The molecule has 2 aromatic carbocycles. The van der Waals surface area contributed by atoms with E-state index < -0.39 is 0 Å². The molecule has 1 aromatic heterocycles. The topological polar surface area (TPSA) is 63.5 Å². The van der Waals surface area contributed by atoms with E-state index in [0.29, 0.717) is 26.3 Å². The molecule has 6 heteroatoms. The molecule has 0 aliphatic rings. The van der Waals surface area contributed by atoms with Crippen molar-refractivity contribution in [3.05, 3.63) is 89.7 Å². The van der Waals surface area contributed by atoms with Crippen LogP contribution in [0.2, 0.25) is 0 Å². The summed E-state index contributed by atoms with van der Waals surface area (Å²) in [6, 6.07) is 20.5. The minimum atomic E-state index is 0.617. The molecule has 0 bridgehead atoms. The molecule has 0 fully saturated rings. The number of hydrogen-bond acceptors (Lipinski definition) is 3. The summed E-state index contributed by atoms with van der Waals surface area (Å²) >= 11 is 0. The number of benzene rings is 2. The largest absolute Gasteiger partial charge is 0.375 e. The van der Waals surface area contributed by atoms with Crippen LogP contribution < -0.4 is 10.6 Å². The van der Waals surface area contributed by atoms with Crippen molar-refractivity contribution in [3.63, 3.8) is 0 Å². The van der Waals surface area contributed by atoms with Crippen LogP contribution in [0.1, 0.15) is 16.7 Å². The molecule has 1 heterocycles. The highest BCUT2D eigenvalue weighted by atomic mass is 16.5. The maximum absolute atomic E-state index is 5.70. The molecule has 146 valence electrons. The van der Waals surface area contributed by atoms with Crippen LogP contribution in [-0.2, 0) is 24.4 Å². The first-order valence-corrected chi connectivity index (χ1v) is 9.45. The van der Waals surface area contributed by atoms with E-state index in [-0.39, 0.29) is 0 Å². The SMILES string of the molecule is CN=C(NCCOCc1ccccc1)NCc1ccccc1Cn1cccn1. The average Bonchev–Trinajstić information content (AvgIpc) is 3.25. The Morgan fingerprint density at radius 1 is 1.00 bits per heavy atom. The van der Waals surface area contributed by atoms with E-state index in [1.165, 1.54) is 16.7 Å². The Labute approximate surface area is 166 Å². The van der Waals surface area contributed by atoms with Crippen LogP contribution in [0.15, 0.2) is 78.0 Å². The van der Waals surface area contributed by atoms with E-state index in [9.17, 15) is 0 Å². The average molecular weight is 377 g/mol. The fourth-order valence-electron chi connectivity index (χ4n) is 2.86. The van der Waals surface area contributed by atoms with Gasteiger partial charge >= 0.3 is 0 Å². The van der Waals surface area contributed by atoms with Gasteiger partial charge in [-0.25, -0.2) is 0 Å². The minimum Gasteiger partial charge on any atom is -0.375 e. The molecule has 0 atom stereocenters. The van der Waals surface area contributed by atoms with Gasteiger partial charge in [0, 0.05) is 32.5 Å². The zero-order valence-corrected chi connectivity index (χ0v) is 16.2. The van der Waals surface area contributed by atoms with E-state index >= 15 is 0 Å². The fourth-order valence-corrected chi connectivity index (χ4v) is 2.86. The van der Waals surface area contributed by atoms with Crippen LogP contribution >= 0.6 is 0 Å². The summed E-state index contributed by atoms with van der Waals surface area (Å²) in [5, 5.41) is 10.9. The van der Waals surface area contributed by atoms with Crippen LogP contribution in [0.5, 0.6) is 0 Å². The Hall–Kier alpha value is -3.12. The van der Waals surface area contributed by atoms with Crippen molar-refractivity contribution in [1.82, 2.24) is 20.4 Å². The van der Waals surface area contributed by atoms with Gasteiger partial charge in [0.15, 0.2) is 5.96 Å². The van der Waals surface area contributed by atoms with Crippen molar-refractivity contribution in [2.24, 2.45) is 4.99 Å². The molecular formula is C22H27N5O. The third kappa shape index (κ3) is 6.25. The smallest absolute Gasteiger partial charge is 0.191 e. The Morgan fingerprint density at radius 2 is 1.79 bits per heavy atom. The summed E-state index contributed by atoms with van der Waals surface area (Å²) in [6.45, 7) is 3.38. The molecule has 3 rings (SSSR count). The first-order valence-electron chi connectivity index (χ1n) is 9.45. The van der Waals surface area contributed by atoms with Crippen molar-refractivity contribution in [3.8, 4) is 0 Å². The van der Waals surface area contributed by atoms with Crippen LogP contribution in [0.3, 0.4) is 0 Å². The Bertz CT molecular complexity index is 846. The Morgan fingerprint density at radius 3 is 2.54 bits per heavy atom. The molecular weight excluding hydrogens is 350 g/mol. The second kappa shape index (κ2) is 10.9. The number of nitrogens with zero attached hydrogens (tertiary/aromatic N) is 3. The molecule has 0 radical (unpaired) electrons. The Balaban J connectivity index is 1.42. The first kappa shape index (κ1) is 19.6. The highest BCUT2D eigenvalue weighted by Crippen LogP contribution is 2.10. The third-order valence-corrected chi connectivity index (χ3v) is 4.33. The standard InChI is InChI=1S/C22H27N5O/c1-23-22(24-13-15-28-18-19-8-3-2-4-9-19)25-16-20-10-5-6-11-21(20)17-27-14-7-12-26-27/h2-12,14H,13,15-18H2,1H3,(H2,23,24,25). The zero-order valence-electron chi connectivity index (χ0n) is 16.2. The lowest BCUT2D eigenvalue weighted by Crippen LogP contribution is -2.38. The third-order valence-electron chi connectivity index (χ3n) is 4.33. The number of guanidine groups is 1. The normalized spacial score (nSPS) is 11.4. The zero-order chi connectivity index (χ0) is 19.4. The Kier molecular flexibility index (Phi) is 7.64. The lowest BCUT2D eigenvalue weighted by molar-refractivity contribution is 0.125. The van der Waals surface area contributed by atoms with E-state index in [2.05, 4.69) is 57.1 Å². The van der Waals surface area contributed by atoms with E-state index in [4.69, 9.17) is 4.74 Å². The lowest BCUT2D eigenvalue weighted by Gasteiger charge is -2.14. The highest BCUT2D eigenvalue weighted by Gasteiger charge is 2.04. The number of nitrogens with one attached hydrogen (secondary N) is 2. The fraction of sp³-hybridized carbons (Fsp3) is 0.273. The quantitative estimate of drug-likeness (QED) is 0.342. The van der Waals surface area contributed by atoms with E-state index in [0.717, 1.165) is 12.5 Å². The molecule has 0 aliphatic carbocycles. The summed E-state index contributed by atoms with van der Waals surface area (Å²) in [7, 11) is 1.77. The number of hydrogen-bond donors (Lipinski definition) is 2. The van der Waals surface area contributed by atoms with E-state index in [1.54, 1.807) is 13.2 Å². The van der Waals surface area contributed by atoms with Crippen LogP contribution in [0.4, 0.5) is 0 Å². The maximum Gasteiger partial charge on any atom is 0.191 e. The molecule has 0 unspecified atom stereocenters. The van der Waals surface area contributed by atoms with Crippen molar-refractivity contribution < 1.29 is 4.74 Å². The predicted molar refractivity (Wildman–Crippen MR) is 112 cm³/mol. The van der Waals surface area contributed by atoms with Gasteiger partial charge in [0.1, 0.15) is 0 Å². The van der Waals surface area contributed by atoms with Gasteiger partial charge in [0.25, 0.3) is 0 Å². The highest BCUT2D eigenvalue weighted by molar-refractivity contribution is 5.79. The second-order valence-electron chi connectivity index (χ2n) is 6.36. The van der Waals surface area contributed by atoms with Gasteiger partial charge in [0.05, 0.1) is 19.8 Å². The van der Waals surface area contributed by atoms with Gasteiger partial charge in [0.2, 0.25) is 0 Å². The van der Waals surface area contributed by atoms with Gasteiger partial charge in [-0.1, -0.05) is 54.6 Å². The monoisotopic (exact) mass is 377 g/mol. The molecule has 0 amide bonds. The summed E-state index contributed by atoms with van der Waals surface area (Å²) in [5.41, 5.74) is 3.64. The van der Waals surface area contributed by atoms with Crippen molar-refractivity contribution in [2.45, 2.75) is 19.7 Å². The minimum absolute atomic E-state index is 0.617. The number of rotatable bonds is 9. The predicted octanol–water partition coefficient (Wildman–Crippen LogP) is 2.81. The summed E-state index contributed by atoms with van der Waals surface area (Å²) < 4.78 is 7.63. The maximum atomic E-state index is 5.70. The van der Waals surface area contributed by atoms with Gasteiger partial charge in [-0.05, 0) is 22.8 Å². The lowest BCUT2D eigenvalue weighted by atomic mass is 10.1. The van der Waals surface area contributed by atoms with Crippen LogP contribution in [-0.4, -0.2) is 35.9 Å². The number of aromatic nitrogens is 2. The van der Waals surface area contributed by atoms with Crippen LogP contribution in [0, 0.1) is 0 Å². The molecule has 3 aromatic rings. The van der Waals surface area contributed by atoms with Crippen molar-refractivity contribution in [2.75, 3.05) is 20.2 Å². The van der Waals surface area contributed by atoms with Crippen molar-refractivity contribution in [1.29, 1.82) is 0 Å². The molecule has 2 N–H and O–H groups in total. The molecule has 28 heavy (non-hydrogen) atoms. The summed E-state index contributed by atoms with van der Waals surface area (Å²) in [6.07, 6.45) is 3.77. The molecule has 0 saturated carbocycles. The molecule has 0 saturated heterocycles. The van der Waals surface area contributed by atoms with Gasteiger partial charge in [-0.3, -0.25) is 9.67 Å². The van der Waals surface area contributed by atoms with Gasteiger partial charge < -0.3 is 15.4 Å². The first-order chi connectivity index (χ1) is 13.8. The summed E-state index contributed by atoms with van der Waals surface area (Å²) in [4.78, 5) is 4.29. The van der Waals surface area contributed by atoms with Gasteiger partial charge in [-0.15, -0.1) is 0 Å². The molecule has 0 spiro atoms.